The van der Waals surface area contributed by atoms with Crippen molar-refractivity contribution in [1.82, 2.24) is 9.80 Å². The fourth-order valence-corrected chi connectivity index (χ4v) is 2.04. The van der Waals surface area contributed by atoms with Gasteiger partial charge in [0.2, 0.25) is 5.91 Å². The first-order chi connectivity index (χ1) is 6.18. The fraction of sp³-hybridized carbons (Fsp3) is 0.750. The van der Waals surface area contributed by atoms with E-state index in [1.54, 1.807) is 4.90 Å². The summed E-state index contributed by atoms with van der Waals surface area (Å²) in [7, 11) is 0. The van der Waals surface area contributed by atoms with Crippen molar-refractivity contribution in [3.8, 4) is 0 Å². The quantitative estimate of drug-likeness (QED) is 0.575. The molecule has 2 rings (SSSR count). The summed E-state index contributed by atoms with van der Waals surface area (Å²) in [4.78, 5) is 25.1. The molecule has 5 heteroatoms. The highest BCUT2D eigenvalue weighted by Crippen LogP contribution is 2.22. The molecular formula is C8H12N2O3. The van der Waals surface area contributed by atoms with Crippen molar-refractivity contribution >= 4 is 12.0 Å². The lowest BCUT2D eigenvalue weighted by atomic mass is 10.2. The van der Waals surface area contributed by atoms with Crippen LogP contribution in [-0.2, 0) is 4.79 Å². The van der Waals surface area contributed by atoms with Crippen LogP contribution in [0, 0.1) is 0 Å². The van der Waals surface area contributed by atoms with Crippen LogP contribution in [0.1, 0.15) is 12.8 Å². The number of carboxylic acid groups (broad SMARTS) is 1. The van der Waals surface area contributed by atoms with Crippen molar-refractivity contribution in [2.75, 3.05) is 19.6 Å². The van der Waals surface area contributed by atoms with Crippen molar-refractivity contribution in [3.63, 3.8) is 0 Å². The van der Waals surface area contributed by atoms with E-state index >= 15 is 0 Å². The summed E-state index contributed by atoms with van der Waals surface area (Å²) in [5.74, 6) is 0.176. The predicted molar refractivity (Wildman–Crippen MR) is 44.3 cm³/mol. The SMILES string of the molecule is O=C(O)N1CCN2C(=O)CC[C@@H]2C1. The van der Waals surface area contributed by atoms with Crippen molar-refractivity contribution in [3.05, 3.63) is 0 Å². The minimum Gasteiger partial charge on any atom is -0.465 e. The lowest BCUT2D eigenvalue weighted by molar-refractivity contribution is -0.130. The second-order valence-corrected chi connectivity index (χ2v) is 3.51. The topological polar surface area (TPSA) is 60.9 Å². The van der Waals surface area contributed by atoms with Crippen LogP contribution in [-0.4, -0.2) is 52.6 Å². The molecule has 2 saturated heterocycles. The van der Waals surface area contributed by atoms with E-state index in [-0.39, 0.29) is 11.9 Å². The molecule has 2 fully saturated rings. The highest BCUT2D eigenvalue weighted by Gasteiger charge is 2.36. The number of hydrogen-bond acceptors (Lipinski definition) is 2. The molecule has 0 radical (unpaired) electrons. The molecule has 2 aliphatic heterocycles. The monoisotopic (exact) mass is 184 g/mol. The first-order valence-corrected chi connectivity index (χ1v) is 4.46. The van der Waals surface area contributed by atoms with Gasteiger partial charge in [0.1, 0.15) is 0 Å². The van der Waals surface area contributed by atoms with Gasteiger partial charge in [0.15, 0.2) is 0 Å². The highest BCUT2D eigenvalue weighted by molar-refractivity contribution is 5.79. The molecule has 1 N–H and O–H groups in total. The zero-order valence-electron chi connectivity index (χ0n) is 7.27. The Kier molecular flexibility index (Phi) is 1.86. The maximum Gasteiger partial charge on any atom is 0.407 e. The molecule has 0 bridgehead atoms. The average Bonchev–Trinajstić information content (AvgIpc) is 2.47. The lowest BCUT2D eigenvalue weighted by Crippen LogP contribution is -2.52. The summed E-state index contributed by atoms with van der Waals surface area (Å²) in [6.07, 6.45) is 0.514. The van der Waals surface area contributed by atoms with Crippen molar-refractivity contribution in [2.45, 2.75) is 18.9 Å². The van der Waals surface area contributed by atoms with Gasteiger partial charge in [0.05, 0.1) is 0 Å². The summed E-state index contributed by atoms with van der Waals surface area (Å²) in [5, 5.41) is 8.75. The Morgan fingerprint density at radius 3 is 2.92 bits per heavy atom. The van der Waals surface area contributed by atoms with Gasteiger partial charge in [0.25, 0.3) is 0 Å². The molecule has 0 aromatic rings. The molecule has 2 amide bonds. The molecule has 0 saturated carbocycles. The number of nitrogens with zero attached hydrogens (tertiary/aromatic N) is 2. The Morgan fingerprint density at radius 1 is 1.46 bits per heavy atom. The number of hydrogen-bond donors (Lipinski definition) is 1. The van der Waals surface area contributed by atoms with Crippen LogP contribution in [0.25, 0.3) is 0 Å². The molecule has 1 atom stereocenters. The second-order valence-electron chi connectivity index (χ2n) is 3.51. The third-order valence-electron chi connectivity index (χ3n) is 2.77. The van der Waals surface area contributed by atoms with E-state index in [2.05, 4.69) is 0 Å². The summed E-state index contributed by atoms with van der Waals surface area (Å²) in [5.41, 5.74) is 0. The second kappa shape index (κ2) is 2.90. The Bertz CT molecular complexity index is 254. The lowest BCUT2D eigenvalue weighted by Gasteiger charge is -2.35. The van der Waals surface area contributed by atoms with Gasteiger partial charge in [-0.15, -0.1) is 0 Å². The van der Waals surface area contributed by atoms with Gasteiger partial charge < -0.3 is 14.9 Å². The van der Waals surface area contributed by atoms with Gasteiger partial charge in [0, 0.05) is 32.1 Å². The molecule has 72 valence electrons. The number of piperazine rings is 1. The predicted octanol–water partition coefficient (Wildman–Crippen LogP) is -0.0290. The van der Waals surface area contributed by atoms with Crippen LogP contribution in [0.4, 0.5) is 4.79 Å². The molecular weight excluding hydrogens is 172 g/mol. The molecule has 0 aromatic carbocycles. The maximum absolute atomic E-state index is 11.2. The number of rotatable bonds is 0. The van der Waals surface area contributed by atoms with Gasteiger partial charge in [-0.25, -0.2) is 4.79 Å². The number of amides is 2. The normalized spacial score (nSPS) is 27.7. The van der Waals surface area contributed by atoms with E-state index in [0.29, 0.717) is 26.1 Å². The minimum absolute atomic E-state index is 0.136. The zero-order chi connectivity index (χ0) is 9.42. The van der Waals surface area contributed by atoms with Crippen LogP contribution >= 0.6 is 0 Å². The maximum atomic E-state index is 11.2. The van der Waals surface area contributed by atoms with Crippen LogP contribution in [0.5, 0.6) is 0 Å². The van der Waals surface area contributed by atoms with Crippen LogP contribution in [0.15, 0.2) is 0 Å². The minimum atomic E-state index is -0.876. The standard InChI is InChI=1S/C8H12N2O3/c11-7-2-1-6-5-9(8(12)13)3-4-10(6)7/h6H,1-5H2,(H,12,13)/t6-/m1/s1. The van der Waals surface area contributed by atoms with Gasteiger partial charge in [-0.05, 0) is 6.42 Å². The van der Waals surface area contributed by atoms with E-state index in [1.165, 1.54) is 4.90 Å². The first kappa shape index (κ1) is 8.34. The third kappa shape index (κ3) is 1.34. The molecule has 0 unspecified atom stereocenters. The molecule has 5 nitrogen and oxygen atoms in total. The van der Waals surface area contributed by atoms with Crippen molar-refractivity contribution < 1.29 is 14.7 Å². The van der Waals surface area contributed by atoms with Crippen LogP contribution in [0.2, 0.25) is 0 Å². The molecule has 2 heterocycles. The number of fused-ring (bicyclic) bond motifs is 1. The van der Waals surface area contributed by atoms with E-state index in [1.807, 2.05) is 0 Å². The van der Waals surface area contributed by atoms with Gasteiger partial charge in [-0.2, -0.15) is 0 Å². The van der Waals surface area contributed by atoms with Crippen LogP contribution in [0.3, 0.4) is 0 Å². The summed E-state index contributed by atoms with van der Waals surface area (Å²) in [6.45, 7) is 1.51. The van der Waals surface area contributed by atoms with E-state index in [9.17, 15) is 9.59 Å². The van der Waals surface area contributed by atoms with Crippen molar-refractivity contribution in [1.29, 1.82) is 0 Å². The Hall–Kier alpha value is -1.26. The Morgan fingerprint density at radius 2 is 2.23 bits per heavy atom. The molecule has 13 heavy (non-hydrogen) atoms. The average molecular weight is 184 g/mol. The van der Waals surface area contributed by atoms with Crippen molar-refractivity contribution in [2.24, 2.45) is 0 Å². The van der Waals surface area contributed by atoms with Crippen LogP contribution < -0.4 is 0 Å². The Labute approximate surface area is 75.9 Å². The number of carbonyl (C=O) groups excluding carboxylic acids is 1. The van der Waals surface area contributed by atoms with Gasteiger partial charge in [-0.1, -0.05) is 0 Å². The molecule has 0 spiro atoms. The van der Waals surface area contributed by atoms with E-state index < -0.39 is 6.09 Å². The van der Waals surface area contributed by atoms with E-state index in [4.69, 9.17) is 5.11 Å². The first-order valence-electron chi connectivity index (χ1n) is 4.46. The third-order valence-corrected chi connectivity index (χ3v) is 2.77. The largest absolute Gasteiger partial charge is 0.465 e. The molecule has 0 aliphatic carbocycles. The number of carbonyl (C=O) groups is 2. The molecule has 0 aromatic heterocycles. The highest BCUT2D eigenvalue weighted by atomic mass is 16.4. The van der Waals surface area contributed by atoms with E-state index in [0.717, 1.165) is 6.42 Å². The zero-order valence-corrected chi connectivity index (χ0v) is 7.27. The smallest absolute Gasteiger partial charge is 0.407 e. The summed E-state index contributed by atoms with van der Waals surface area (Å²) >= 11 is 0. The van der Waals surface area contributed by atoms with Gasteiger partial charge >= 0.3 is 6.09 Å². The Balaban J connectivity index is 2.03. The fourth-order valence-electron chi connectivity index (χ4n) is 2.04. The summed E-state index contributed by atoms with van der Waals surface area (Å²) < 4.78 is 0. The summed E-state index contributed by atoms with van der Waals surface area (Å²) in [6, 6.07) is 0.136. The molecule has 2 aliphatic rings. The van der Waals surface area contributed by atoms with Gasteiger partial charge in [-0.3, -0.25) is 4.79 Å².